The second-order valence-electron chi connectivity index (χ2n) is 20.9. The fraction of sp³-hybridized carbons (Fsp3) is 0.946. The number of allylic oxidation sites excluding steroid dienone is 1. The predicted octanol–water partition coefficient (Wildman–Crippen LogP) is 13.1. The molecule has 1 rings (SSSR count). The van der Waals surface area contributed by atoms with Gasteiger partial charge in [-0.1, -0.05) is 270 Å². The van der Waals surface area contributed by atoms with Gasteiger partial charge in [0.25, 0.3) is 0 Å². The number of nitrogens with one attached hydrogen (secondary N) is 1. The van der Waals surface area contributed by atoms with E-state index in [1.54, 1.807) is 0 Å². The standard InChI is InChI=1S/C56H110NO11P/c1-3-5-7-9-11-13-15-16-17-18-19-20-21-22-23-24-25-26-27-28-29-30-31-32-33-34-35-36-38-40-42-44-46-50(59)57-48(49(58)45-43-41-39-37-14-12-10-8-6-4-2)47-67-69(65,66)68-56-54(63)52(61)51(60)53(62)55(56)64/h43,45,48-49,51-56,58,60-64H,3-42,44,46-47H2,1-2H3,(H,57,59)(H,65,66)/b45-43+/t48-,49+,51?,52+,53?,54?,55?,56?/m0/s1. The molecule has 0 heterocycles. The molecule has 0 aromatic carbocycles. The monoisotopic (exact) mass is 1000 g/mol. The summed E-state index contributed by atoms with van der Waals surface area (Å²) in [6.45, 7) is 3.85. The Bertz CT molecular complexity index is 1210. The minimum Gasteiger partial charge on any atom is -0.387 e. The Labute approximate surface area is 422 Å². The van der Waals surface area contributed by atoms with Gasteiger partial charge in [0.15, 0.2) is 0 Å². The molecule has 1 amide bonds. The third kappa shape index (κ3) is 36.6. The van der Waals surface area contributed by atoms with Crippen LogP contribution in [-0.2, 0) is 18.4 Å². The molecule has 13 heteroatoms. The molecule has 1 fully saturated rings. The summed E-state index contributed by atoms with van der Waals surface area (Å²) in [6.07, 6.45) is 43.4. The lowest BCUT2D eigenvalue weighted by molar-refractivity contribution is -0.220. The van der Waals surface area contributed by atoms with Gasteiger partial charge in [-0.3, -0.25) is 13.8 Å². The summed E-state index contributed by atoms with van der Waals surface area (Å²) in [4.78, 5) is 23.4. The lowest BCUT2D eigenvalue weighted by atomic mass is 9.85. The van der Waals surface area contributed by atoms with Crippen LogP contribution in [0.5, 0.6) is 0 Å². The summed E-state index contributed by atoms with van der Waals surface area (Å²) < 4.78 is 22.9. The van der Waals surface area contributed by atoms with E-state index in [4.69, 9.17) is 9.05 Å². The average molecular weight is 1000 g/mol. The summed E-state index contributed by atoms with van der Waals surface area (Å²) in [6, 6.07) is -1.11. The van der Waals surface area contributed by atoms with E-state index in [9.17, 15) is 44.9 Å². The molecule has 6 unspecified atom stereocenters. The van der Waals surface area contributed by atoms with Crippen molar-refractivity contribution in [3.8, 4) is 0 Å². The first-order valence-electron chi connectivity index (χ1n) is 29.1. The maximum absolute atomic E-state index is 13.0. The van der Waals surface area contributed by atoms with Crippen LogP contribution in [0.1, 0.15) is 284 Å². The number of phosphoric ester groups is 1. The summed E-state index contributed by atoms with van der Waals surface area (Å²) >= 11 is 0. The van der Waals surface area contributed by atoms with Gasteiger partial charge in [0.2, 0.25) is 5.91 Å². The van der Waals surface area contributed by atoms with E-state index in [0.29, 0.717) is 6.42 Å². The van der Waals surface area contributed by atoms with Crippen LogP contribution < -0.4 is 5.32 Å². The van der Waals surface area contributed by atoms with E-state index in [1.807, 2.05) is 6.08 Å². The molecule has 1 aliphatic carbocycles. The van der Waals surface area contributed by atoms with Gasteiger partial charge in [-0.05, 0) is 19.3 Å². The van der Waals surface area contributed by atoms with Gasteiger partial charge in [0.1, 0.15) is 36.6 Å². The van der Waals surface area contributed by atoms with E-state index >= 15 is 0 Å². The zero-order valence-corrected chi connectivity index (χ0v) is 45.3. The second kappa shape index (κ2) is 45.7. The van der Waals surface area contributed by atoms with Crippen LogP contribution in [0.15, 0.2) is 12.2 Å². The van der Waals surface area contributed by atoms with Gasteiger partial charge in [0, 0.05) is 6.42 Å². The maximum atomic E-state index is 13.0. The fourth-order valence-electron chi connectivity index (χ4n) is 9.61. The molecule has 0 aromatic rings. The molecule has 8 N–H and O–H groups in total. The number of carbonyl (C=O) groups is 1. The van der Waals surface area contributed by atoms with Gasteiger partial charge in [-0.2, -0.15) is 0 Å². The number of aliphatic hydroxyl groups excluding tert-OH is 6. The van der Waals surface area contributed by atoms with Crippen molar-refractivity contribution in [1.29, 1.82) is 0 Å². The number of unbranched alkanes of at least 4 members (excludes halogenated alkanes) is 39. The normalized spacial score (nSPS) is 21.5. The van der Waals surface area contributed by atoms with Crippen molar-refractivity contribution in [1.82, 2.24) is 5.32 Å². The number of hydrogen-bond acceptors (Lipinski definition) is 10. The molecule has 0 bridgehead atoms. The number of hydrogen-bond donors (Lipinski definition) is 8. The summed E-state index contributed by atoms with van der Waals surface area (Å²) in [5.41, 5.74) is 0. The molecule has 1 saturated carbocycles. The molecule has 0 saturated heterocycles. The molecule has 9 atom stereocenters. The van der Waals surface area contributed by atoms with E-state index in [0.717, 1.165) is 44.9 Å². The van der Waals surface area contributed by atoms with E-state index in [1.165, 1.54) is 218 Å². The summed E-state index contributed by atoms with van der Waals surface area (Å²) in [5, 5.41) is 64.1. The van der Waals surface area contributed by atoms with E-state index in [-0.39, 0.29) is 12.3 Å². The van der Waals surface area contributed by atoms with Crippen molar-refractivity contribution >= 4 is 13.7 Å². The van der Waals surface area contributed by atoms with Crippen molar-refractivity contribution < 1.29 is 53.9 Å². The van der Waals surface area contributed by atoms with Crippen LogP contribution in [0.2, 0.25) is 0 Å². The molecule has 0 aliphatic heterocycles. The topological polar surface area (TPSA) is 206 Å². The maximum Gasteiger partial charge on any atom is 0.472 e. The van der Waals surface area contributed by atoms with E-state index in [2.05, 4.69) is 19.2 Å². The van der Waals surface area contributed by atoms with Gasteiger partial charge in [0.05, 0.1) is 18.8 Å². The Morgan fingerprint density at radius 1 is 0.478 bits per heavy atom. The number of aliphatic hydroxyl groups is 6. The molecular formula is C56H110NO11P. The lowest BCUT2D eigenvalue weighted by Gasteiger charge is -2.41. The average Bonchev–Trinajstić information content (AvgIpc) is 3.33. The van der Waals surface area contributed by atoms with Crippen LogP contribution in [0, 0.1) is 0 Å². The molecule has 0 aromatic heterocycles. The van der Waals surface area contributed by atoms with Crippen LogP contribution in [0.3, 0.4) is 0 Å². The van der Waals surface area contributed by atoms with Crippen LogP contribution in [-0.4, -0.2) is 96.8 Å². The first kappa shape index (κ1) is 66.1. The predicted molar refractivity (Wildman–Crippen MR) is 283 cm³/mol. The smallest absolute Gasteiger partial charge is 0.387 e. The number of phosphoric acid groups is 1. The highest BCUT2D eigenvalue weighted by Crippen LogP contribution is 2.47. The molecular weight excluding hydrogens is 894 g/mol. The number of carbonyl (C=O) groups excluding carboxylic acids is 1. The van der Waals surface area contributed by atoms with E-state index < -0.39 is 63.2 Å². The summed E-state index contributed by atoms with van der Waals surface area (Å²) in [7, 11) is -5.08. The van der Waals surface area contributed by atoms with Gasteiger partial charge < -0.3 is 40.8 Å². The Balaban J connectivity index is 2.16. The Morgan fingerprint density at radius 2 is 0.768 bits per heavy atom. The minimum atomic E-state index is -5.08. The van der Waals surface area contributed by atoms with Gasteiger partial charge >= 0.3 is 7.82 Å². The molecule has 12 nitrogen and oxygen atoms in total. The third-order valence-corrected chi connectivity index (χ3v) is 15.3. The quantitative estimate of drug-likeness (QED) is 0.0163. The highest BCUT2D eigenvalue weighted by atomic mass is 31.2. The number of rotatable bonds is 50. The highest BCUT2D eigenvalue weighted by molar-refractivity contribution is 7.47. The highest BCUT2D eigenvalue weighted by Gasteiger charge is 2.51. The third-order valence-electron chi connectivity index (χ3n) is 14.3. The van der Waals surface area contributed by atoms with Gasteiger partial charge in [-0.25, -0.2) is 4.57 Å². The lowest BCUT2D eigenvalue weighted by Crippen LogP contribution is -2.64. The first-order valence-corrected chi connectivity index (χ1v) is 30.6. The molecule has 0 spiro atoms. The summed E-state index contributed by atoms with van der Waals surface area (Å²) in [5.74, 6) is -0.336. The van der Waals surface area contributed by atoms with Crippen molar-refractivity contribution in [3.63, 3.8) is 0 Å². The Hall–Kier alpha value is -0.920. The first-order chi connectivity index (χ1) is 33.4. The van der Waals surface area contributed by atoms with Crippen LogP contribution >= 0.6 is 7.82 Å². The van der Waals surface area contributed by atoms with Crippen molar-refractivity contribution in [2.75, 3.05) is 6.61 Å². The fourth-order valence-corrected chi connectivity index (χ4v) is 10.6. The molecule has 1 aliphatic rings. The van der Waals surface area contributed by atoms with Crippen molar-refractivity contribution in [2.24, 2.45) is 0 Å². The largest absolute Gasteiger partial charge is 0.472 e. The molecule has 410 valence electrons. The molecule has 69 heavy (non-hydrogen) atoms. The van der Waals surface area contributed by atoms with Crippen LogP contribution in [0.25, 0.3) is 0 Å². The van der Waals surface area contributed by atoms with Crippen LogP contribution in [0.4, 0.5) is 0 Å². The zero-order valence-electron chi connectivity index (χ0n) is 44.4. The molecule has 0 radical (unpaired) electrons. The Kier molecular flexibility index (Phi) is 43.8. The second-order valence-corrected chi connectivity index (χ2v) is 22.3. The minimum absolute atomic E-state index is 0.219. The zero-order chi connectivity index (χ0) is 50.6. The SMILES string of the molecule is CCCCCCCCCC/C=C/[C@@H](O)[C@H](COP(=O)(O)OC1C(O)C(O)C(O)[C@@H](O)C1O)NC(=O)CCCCCCCCCCCCCCCCCCCCCCCCCCCCCCCCCC. The Morgan fingerprint density at radius 3 is 1.10 bits per heavy atom. The number of amides is 1. The van der Waals surface area contributed by atoms with Crippen molar-refractivity contribution in [3.05, 3.63) is 12.2 Å². The van der Waals surface area contributed by atoms with Crippen molar-refractivity contribution in [2.45, 2.75) is 332 Å². The van der Waals surface area contributed by atoms with Gasteiger partial charge in [-0.15, -0.1) is 0 Å².